The summed E-state index contributed by atoms with van der Waals surface area (Å²) in [6, 6.07) is 13.9. The molecule has 0 radical (unpaired) electrons. The van der Waals surface area contributed by atoms with Crippen molar-refractivity contribution in [2.75, 3.05) is 0 Å². The van der Waals surface area contributed by atoms with E-state index in [2.05, 4.69) is 0 Å². The molecule has 0 saturated heterocycles. The maximum absolute atomic E-state index is 10.0. The highest BCUT2D eigenvalue weighted by molar-refractivity contribution is 5.47. The van der Waals surface area contributed by atoms with E-state index in [-0.39, 0.29) is 5.75 Å². The topological polar surface area (TPSA) is 29.5 Å². The summed E-state index contributed by atoms with van der Waals surface area (Å²) in [6.07, 6.45) is 4.62. The van der Waals surface area contributed by atoms with Crippen LogP contribution in [0, 0.1) is 0 Å². The second-order valence-corrected chi connectivity index (χ2v) is 5.07. The first-order chi connectivity index (χ1) is 9.33. The summed E-state index contributed by atoms with van der Waals surface area (Å²) in [6.45, 7) is 0.493. The van der Waals surface area contributed by atoms with Crippen LogP contribution in [0.25, 0.3) is 0 Å². The first-order valence-corrected chi connectivity index (χ1v) is 6.84. The highest BCUT2D eigenvalue weighted by Crippen LogP contribution is 2.33. The number of ether oxygens (including phenoxy) is 1. The van der Waals surface area contributed by atoms with Gasteiger partial charge in [0, 0.05) is 0 Å². The van der Waals surface area contributed by atoms with Crippen LogP contribution in [0.2, 0.25) is 0 Å². The smallest absolute Gasteiger partial charge is 0.161 e. The van der Waals surface area contributed by atoms with Crippen molar-refractivity contribution in [1.82, 2.24) is 0 Å². The van der Waals surface area contributed by atoms with Gasteiger partial charge in [0.2, 0.25) is 0 Å². The Morgan fingerprint density at radius 3 is 2.37 bits per heavy atom. The molecule has 0 aliphatic heterocycles. The van der Waals surface area contributed by atoms with Gasteiger partial charge in [-0.05, 0) is 54.5 Å². The lowest BCUT2D eigenvalue weighted by molar-refractivity contribution is 0.288. The molecular weight excluding hydrogens is 236 g/mol. The van der Waals surface area contributed by atoms with Crippen LogP contribution in [-0.2, 0) is 19.4 Å². The fourth-order valence-corrected chi connectivity index (χ4v) is 2.60. The first-order valence-electron chi connectivity index (χ1n) is 6.84. The van der Waals surface area contributed by atoms with Crippen LogP contribution in [0.4, 0.5) is 0 Å². The largest absolute Gasteiger partial charge is 0.504 e. The number of rotatable bonds is 3. The van der Waals surface area contributed by atoms with Crippen LogP contribution in [0.15, 0.2) is 42.5 Å². The molecule has 2 aromatic rings. The Hall–Kier alpha value is -1.96. The van der Waals surface area contributed by atoms with Crippen LogP contribution in [-0.4, -0.2) is 5.11 Å². The average Bonchev–Trinajstić information content (AvgIpc) is 2.46. The molecule has 98 valence electrons. The zero-order valence-corrected chi connectivity index (χ0v) is 10.9. The third kappa shape index (κ3) is 2.73. The van der Waals surface area contributed by atoms with Crippen molar-refractivity contribution in [3.05, 3.63) is 59.2 Å². The molecule has 1 aliphatic carbocycles. The third-order valence-electron chi connectivity index (χ3n) is 3.66. The monoisotopic (exact) mass is 254 g/mol. The van der Waals surface area contributed by atoms with Gasteiger partial charge in [-0.25, -0.2) is 0 Å². The molecule has 0 bridgehead atoms. The molecule has 0 atom stereocenters. The summed E-state index contributed by atoms with van der Waals surface area (Å²) in [7, 11) is 0. The average molecular weight is 254 g/mol. The van der Waals surface area contributed by atoms with E-state index in [4.69, 9.17) is 4.74 Å². The van der Waals surface area contributed by atoms with Crippen molar-refractivity contribution in [1.29, 1.82) is 0 Å². The molecule has 2 heteroatoms. The van der Waals surface area contributed by atoms with Gasteiger partial charge in [0.25, 0.3) is 0 Å². The summed E-state index contributed by atoms with van der Waals surface area (Å²) in [4.78, 5) is 0. The minimum Gasteiger partial charge on any atom is -0.504 e. The van der Waals surface area contributed by atoms with Gasteiger partial charge in [0.15, 0.2) is 11.5 Å². The lowest BCUT2D eigenvalue weighted by Crippen LogP contribution is -2.04. The van der Waals surface area contributed by atoms with Crippen LogP contribution >= 0.6 is 0 Å². The van der Waals surface area contributed by atoms with Gasteiger partial charge in [0.05, 0.1) is 0 Å². The number of hydrogen-bond donors (Lipinski definition) is 1. The van der Waals surface area contributed by atoms with Crippen molar-refractivity contribution in [3.8, 4) is 11.5 Å². The van der Waals surface area contributed by atoms with Gasteiger partial charge in [-0.3, -0.25) is 0 Å². The number of fused-ring (bicyclic) bond motifs is 1. The van der Waals surface area contributed by atoms with E-state index in [0.717, 1.165) is 18.4 Å². The summed E-state index contributed by atoms with van der Waals surface area (Å²) >= 11 is 0. The van der Waals surface area contributed by atoms with Crippen LogP contribution in [0.3, 0.4) is 0 Å². The number of aryl methyl sites for hydroxylation is 2. The predicted molar refractivity (Wildman–Crippen MR) is 75.5 cm³/mol. The van der Waals surface area contributed by atoms with E-state index >= 15 is 0 Å². The van der Waals surface area contributed by atoms with Gasteiger partial charge < -0.3 is 9.84 Å². The van der Waals surface area contributed by atoms with Gasteiger partial charge in [0.1, 0.15) is 6.61 Å². The summed E-state index contributed by atoms with van der Waals surface area (Å²) in [5.74, 6) is 0.862. The highest BCUT2D eigenvalue weighted by atomic mass is 16.5. The first kappa shape index (κ1) is 12.1. The van der Waals surface area contributed by atoms with Gasteiger partial charge in [-0.1, -0.05) is 30.3 Å². The summed E-state index contributed by atoms with van der Waals surface area (Å²) in [5.41, 5.74) is 3.71. The number of aromatic hydroxyl groups is 1. The van der Waals surface area contributed by atoms with Crippen molar-refractivity contribution >= 4 is 0 Å². The minimum atomic E-state index is 0.261. The van der Waals surface area contributed by atoms with E-state index in [9.17, 15) is 5.11 Å². The third-order valence-corrected chi connectivity index (χ3v) is 3.66. The molecule has 19 heavy (non-hydrogen) atoms. The highest BCUT2D eigenvalue weighted by Gasteiger charge is 2.13. The van der Waals surface area contributed by atoms with E-state index in [1.807, 2.05) is 42.5 Å². The van der Waals surface area contributed by atoms with Crippen LogP contribution in [0.5, 0.6) is 11.5 Å². The number of benzene rings is 2. The Labute approximate surface area is 113 Å². The molecule has 2 aromatic carbocycles. The molecule has 0 saturated carbocycles. The zero-order valence-electron chi connectivity index (χ0n) is 10.9. The normalized spacial score (nSPS) is 13.9. The predicted octanol–water partition coefficient (Wildman–Crippen LogP) is 3.85. The molecular formula is C17H18O2. The summed E-state index contributed by atoms with van der Waals surface area (Å²) in [5, 5.41) is 10.0. The molecule has 1 aliphatic rings. The SMILES string of the molecule is Oc1cc2c(cc1OCc1ccccc1)CCCC2. The van der Waals surface area contributed by atoms with E-state index in [1.54, 1.807) is 0 Å². The van der Waals surface area contributed by atoms with Crippen molar-refractivity contribution in [3.63, 3.8) is 0 Å². The molecule has 2 nitrogen and oxygen atoms in total. The molecule has 1 N–H and O–H groups in total. The lowest BCUT2D eigenvalue weighted by atomic mass is 9.91. The molecule has 0 aromatic heterocycles. The van der Waals surface area contributed by atoms with Gasteiger partial charge in [-0.2, -0.15) is 0 Å². The maximum atomic E-state index is 10.0. The standard InChI is InChI=1S/C17H18O2/c18-16-10-14-8-4-5-9-15(14)11-17(16)19-12-13-6-2-1-3-7-13/h1-3,6-7,10-11,18H,4-5,8-9,12H2. The molecule has 0 heterocycles. The van der Waals surface area contributed by atoms with Gasteiger partial charge >= 0.3 is 0 Å². The fourth-order valence-electron chi connectivity index (χ4n) is 2.60. The molecule has 0 amide bonds. The molecule has 0 fully saturated rings. The molecule has 0 spiro atoms. The number of phenolic OH excluding ortho intramolecular Hbond substituents is 1. The van der Waals surface area contributed by atoms with Crippen molar-refractivity contribution in [2.24, 2.45) is 0 Å². The quantitative estimate of drug-likeness (QED) is 0.901. The Morgan fingerprint density at radius 1 is 0.947 bits per heavy atom. The minimum absolute atomic E-state index is 0.261. The Morgan fingerprint density at radius 2 is 1.63 bits per heavy atom. The van der Waals surface area contributed by atoms with Crippen LogP contribution < -0.4 is 4.74 Å². The lowest BCUT2D eigenvalue weighted by Gasteiger charge is -2.18. The molecule has 0 unspecified atom stereocenters. The zero-order chi connectivity index (χ0) is 13.1. The fraction of sp³-hybridized carbons (Fsp3) is 0.294. The number of phenols is 1. The second kappa shape index (κ2) is 5.35. The van der Waals surface area contributed by atoms with Crippen molar-refractivity contribution in [2.45, 2.75) is 32.3 Å². The Bertz CT molecular complexity index is 561. The van der Waals surface area contributed by atoms with E-state index in [1.165, 1.54) is 24.0 Å². The van der Waals surface area contributed by atoms with E-state index in [0.29, 0.717) is 12.4 Å². The number of hydrogen-bond acceptors (Lipinski definition) is 2. The summed E-state index contributed by atoms with van der Waals surface area (Å²) < 4.78 is 5.74. The van der Waals surface area contributed by atoms with E-state index < -0.39 is 0 Å². The maximum Gasteiger partial charge on any atom is 0.161 e. The second-order valence-electron chi connectivity index (χ2n) is 5.07. The Balaban J connectivity index is 1.77. The molecule has 3 rings (SSSR count). The van der Waals surface area contributed by atoms with Crippen molar-refractivity contribution < 1.29 is 9.84 Å². The Kier molecular flexibility index (Phi) is 3.41. The van der Waals surface area contributed by atoms with Crippen LogP contribution in [0.1, 0.15) is 29.5 Å². The van der Waals surface area contributed by atoms with Gasteiger partial charge in [-0.15, -0.1) is 0 Å².